The van der Waals surface area contributed by atoms with Gasteiger partial charge in [0, 0.05) is 23.1 Å². The summed E-state index contributed by atoms with van der Waals surface area (Å²) in [5.74, 6) is 0.759. The summed E-state index contributed by atoms with van der Waals surface area (Å²) in [5, 5.41) is 1.46. The van der Waals surface area contributed by atoms with Crippen molar-refractivity contribution in [3.63, 3.8) is 0 Å². The van der Waals surface area contributed by atoms with Crippen LogP contribution in [0.3, 0.4) is 0 Å². The topological polar surface area (TPSA) is 19.0 Å². The number of hydrogen-bond acceptors (Lipinski definition) is 1. The van der Waals surface area contributed by atoms with Crippen molar-refractivity contribution in [2.45, 2.75) is 44.6 Å². The molecule has 1 aromatic carbocycles. The zero-order valence-electron chi connectivity index (χ0n) is 11.7. The predicted molar refractivity (Wildman–Crippen MR) is 79.6 cm³/mol. The highest BCUT2D eigenvalue weighted by Crippen LogP contribution is 2.38. The van der Waals surface area contributed by atoms with Gasteiger partial charge in [0.25, 0.3) is 0 Å². The molecule has 2 heteroatoms. The fraction of sp³-hybridized carbons (Fsp3) is 0.529. The fourth-order valence-corrected chi connectivity index (χ4v) is 4.10. The molecule has 2 aromatic rings. The SMILES string of the molecule is Cc1ccc2[nH]cc(C3CCN4CCCC4C3)c2c1. The maximum Gasteiger partial charge on any atom is 0.0457 e. The highest BCUT2D eigenvalue weighted by Gasteiger charge is 2.32. The smallest absolute Gasteiger partial charge is 0.0457 e. The molecule has 2 fully saturated rings. The minimum atomic E-state index is 0.759. The van der Waals surface area contributed by atoms with Gasteiger partial charge in [-0.25, -0.2) is 0 Å². The minimum absolute atomic E-state index is 0.759. The Kier molecular flexibility index (Phi) is 2.66. The molecule has 0 aliphatic carbocycles. The van der Waals surface area contributed by atoms with Crippen LogP contribution >= 0.6 is 0 Å². The van der Waals surface area contributed by atoms with Crippen molar-refractivity contribution < 1.29 is 0 Å². The lowest BCUT2D eigenvalue weighted by atomic mass is 9.85. The number of fused-ring (bicyclic) bond motifs is 2. The molecule has 2 unspecified atom stereocenters. The van der Waals surface area contributed by atoms with Gasteiger partial charge in [0.2, 0.25) is 0 Å². The van der Waals surface area contributed by atoms with Crippen molar-refractivity contribution in [3.05, 3.63) is 35.5 Å². The summed E-state index contributed by atoms with van der Waals surface area (Å²) in [6.45, 7) is 4.83. The van der Waals surface area contributed by atoms with Crippen molar-refractivity contribution in [3.8, 4) is 0 Å². The molecule has 100 valence electrons. The third kappa shape index (κ3) is 1.90. The Hall–Kier alpha value is -1.28. The first kappa shape index (κ1) is 11.5. The van der Waals surface area contributed by atoms with Crippen LogP contribution in [0.2, 0.25) is 0 Å². The molecular formula is C17H22N2. The second-order valence-corrected chi connectivity index (χ2v) is 6.35. The van der Waals surface area contributed by atoms with E-state index in [2.05, 4.69) is 41.2 Å². The fourth-order valence-electron chi connectivity index (χ4n) is 4.10. The van der Waals surface area contributed by atoms with E-state index < -0.39 is 0 Å². The van der Waals surface area contributed by atoms with Gasteiger partial charge in [-0.15, -0.1) is 0 Å². The molecule has 0 radical (unpaired) electrons. The molecule has 2 aliphatic heterocycles. The zero-order chi connectivity index (χ0) is 12.8. The average molecular weight is 254 g/mol. The van der Waals surface area contributed by atoms with E-state index in [1.807, 2.05) is 0 Å². The van der Waals surface area contributed by atoms with E-state index in [4.69, 9.17) is 0 Å². The second kappa shape index (κ2) is 4.38. The number of H-pyrrole nitrogens is 1. The van der Waals surface area contributed by atoms with Crippen molar-refractivity contribution in [2.75, 3.05) is 13.1 Å². The summed E-state index contributed by atoms with van der Waals surface area (Å²) in [5.41, 5.74) is 4.23. The Bertz CT molecular complexity index is 598. The predicted octanol–water partition coefficient (Wildman–Crippen LogP) is 3.82. The van der Waals surface area contributed by atoms with Crippen LogP contribution in [-0.4, -0.2) is 29.0 Å². The third-order valence-electron chi connectivity index (χ3n) is 5.13. The van der Waals surface area contributed by atoms with Gasteiger partial charge in [0.15, 0.2) is 0 Å². The maximum atomic E-state index is 3.46. The Morgan fingerprint density at radius 2 is 2.16 bits per heavy atom. The first-order valence-corrected chi connectivity index (χ1v) is 7.63. The second-order valence-electron chi connectivity index (χ2n) is 6.35. The van der Waals surface area contributed by atoms with Gasteiger partial charge in [-0.1, -0.05) is 11.6 Å². The van der Waals surface area contributed by atoms with E-state index in [9.17, 15) is 0 Å². The van der Waals surface area contributed by atoms with Crippen LogP contribution in [0.5, 0.6) is 0 Å². The Labute approximate surface area is 114 Å². The van der Waals surface area contributed by atoms with E-state index in [0.29, 0.717) is 0 Å². The maximum absolute atomic E-state index is 3.46. The molecule has 2 aliphatic rings. The molecule has 4 rings (SSSR count). The number of rotatable bonds is 1. The van der Waals surface area contributed by atoms with Crippen LogP contribution < -0.4 is 0 Å². The van der Waals surface area contributed by atoms with Gasteiger partial charge >= 0.3 is 0 Å². The quantitative estimate of drug-likeness (QED) is 0.819. The summed E-state index contributed by atoms with van der Waals surface area (Å²) >= 11 is 0. The molecule has 0 bridgehead atoms. The van der Waals surface area contributed by atoms with Crippen LogP contribution in [0.15, 0.2) is 24.4 Å². The summed E-state index contributed by atoms with van der Waals surface area (Å²) < 4.78 is 0. The van der Waals surface area contributed by atoms with Crippen LogP contribution in [-0.2, 0) is 0 Å². The zero-order valence-corrected chi connectivity index (χ0v) is 11.7. The molecule has 2 atom stereocenters. The van der Waals surface area contributed by atoms with E-state index >= 15 is 0 Å². The lowest BCUT2D eigenvalue weighted by Gasteiger charge is -2.34. The van der Waals surface area contributed by atoms with E-state index in [1.165, 1.54) is 55.2 Å². The highest BCUT2D eigenvalue weighted by molar-refractivity contribution is 5.84. The number of hydrogen-bond donors (Lipinski definition) is 1. The molecular weight excluding hydrogens is 232 g/mol. The highest BCUT2D eigenvalue weighted by atomic mass is 15.2. The number of aromatic nitrogens is 1. The summed E-state index contributed by atoms with van der Waals surface area (Å²) in [4.78, 5) is 6.16. The first-order valence-electron chi connectivity index (χ1n) is 7.63. The van der Waals surface area contributed by atoms with Crippen molar-refractivity contribution in [2.24, 2.45) is 0 Å². The van der Waals surface area contributed by atoms with Crippen LogP contribution in [0, 0.1) is 6.92 Å². The Balaban J connectivity index is 1.68. The van der Waals surface area contributed by atoms with Gasteiger partial charge in [-0.3, -0.25) is 0 Å². The molecule has 19 heavy (non-hydrogen) atoms. The summed E-state index contributed by atoms with van der Waals surface area (Å²) in [7, 11) is 0. The molecule has 2 saturated heterocycles. The first-order chi connectivity index (χ1) is 9.31. The molecule has 1 aromatic heterocycles. The number of aryl methyl sites for hydroxylation is 1. The largest absolute Gasteiger partial charge is 0.361 e. The van der Waals surface area contributed by atoms with Gasteiger partial charge in [-0.05, 0) is 69.3 Å². The average Bonchev–Trinajstić information content (AvgIpc) is 3.03. The Morgan fingerprint density at radius 3 is 3.11 bits per heavy atom. The third-order valence-corrected chi connectivity index (χ3v) is 5.13. The molecule has 0 spiro atoms. The van der Waals surface area contributed by atoms with Gasteiger partial charge in [-0.2, -0.15) is 0 Å². The molecule has 1 N–H and O–H groups in total. The standard InChI is InChI=1S/C17H22N2/c1-12-4-5-17-15(9-12)16(11-18-17)13-6-8-19-7-2-3-14(19)10-13/h4-5,9,11,13-14,18H,2-3,6-8,10H2,1H3. The summed E-state index contributed by atoms with van der Waals surface area (Å²) in [6, 6.07) is 7.62. The summed E-state index contributed by atoms with van der Waals surface area (Å²) in [6.07, 6.45) is 7.78. The van der Waals surface area contributed by atoms with Crippen molar-refractivity contribution in [1.29, 1.82) is 0 Å². The van der Waals surface area contributed by atoms with Gasteiger partial charge in [0.1, 0.15) is 0 Å². The van der Waals surface area contributed by atoms with E-state index in [-0.39, 0.29) is 0 Å². The van der Waals surface area contributed by atoms with Gasteiger partial charge in [0.05, 0.1) is 0 Å². The van der Waals surface area contributed by atoms with E-state index in [1.54, 1.807) is 5.56 Å². The van der Waals surface area contributed by atoms with Gasteiger partial charge < -0.3 is 9.88 Å². The van der Waals surface area contributed by atoms with Crippen LogP contribution in [0.1, 0.15) is 42.7 Å². The Morgan fingerprint density at radius 1 is 1.21 bits per heavy atom. The number of aromatic amines is 1. The van der Waals surface area contributed by atoms with Crippen molar-refractivity contribution >= 4 is 10.9 Å². The molecule has 0 saturated carbocycles. The van der Waals surface area contributed by atoms with E-state index in [0.717, 1.165) is 12.0 Å². The van der Waals surface area contributed by atoms with Crippen LogP contribution in [0.4, 0.5) is 0 Å². The minimum Gasteiger partial charge on any atom is -0.361 e. The number of nitrogens with zero attached hydrogens (tertiary/aromatic N) is 1. The normalized spacial score (nSPS) is 27.8. The number of nitrogens with one attached hydrogen (secondary N) is 1. The number of benzene rings is 1. The lowest BCUT2D eigenvalue weighted by Crippen LogP contribution is -2.37. The van der Waals surface area contributed by atoms with Crippen molar-refractivity contribution in [1.82, 2.24) is 9.88 Å². The lowest BCUT2D eigenvalue weighted by molar-refractivity contribution is 0.181. The number of piperidine rings is 1. The van der Waals surface area contributed by atoms with Crippen LogP contribution in [0.25, 0.3) is 10.9 Å². The monoisotopic (exact) mass is 254 g/mol. The molecule has 3 heterocycles. The molecule has 0 amide bonds. The molecule has 2 nitrogen and oxygen atoms in total.